The number of carbonyl (C=O) groups excluding carboxylic acids is 2. The van der Waals surface area contributed by atoms with Gasteiger partial charge in [0.1, 0.15) is 0 Å². The molecule has 1 aromatic carbocycles. The van der Waals surface area contributed by atoms with E-state index in [2.05, 4.69) is 0 Å². The fraction of sp³-hybridized carbons (Fsp3) is 0.273. The highest BCUT2D eigenvalue weighted by Crippen LogP contribution is 2.51. The molecule has 0 radical (unpaired) electrons. The Morgan fingerprint density at radius 1 is 0.778 bits per heavy atom. The lowest BCUT2D eigenvalue weighted by Gasteiger charge is -2.31. The Bertz CT molecular complexity index is 1020. The van der Waals surface area contributed by atoms with E-state index in [0.29, 0.717) is 0 Å². The average molecular weight is 441 g/mol. The Morgan fingerprint density at radius 2 is 1.15 bits per heavy atom. The molecule has 16 heteroatoms. The summed E-state index contributed by atoms with van der Waals surface area (Å²) in [6, 6.07) is 3.65. The van der Waals surface area contributed by atoms with Crippen LogP contribution in [0.5, 0.6) is 0 Å². The van der Waals surface area contributed by atoms with Gasteiger partial charge < -0.3 is 0 Å². The lowest BCUT2D eigenvalue weighted by molar-refractivity contribution is -0.246. The van der Waals surface area contributed by atoms with Crippen LogP contribution in [0.25, 0.3) is 0 Å². The summed E-state index contributed by atoms with van der Waals surface area (Å²) in [5, 5.41) is -14.0. The van der Waals surface area contributed by atoms with E-state index in [-0.39, 0.29) is 0 Å². The molecule has 1 heterocycles. The molecule has 27 heavy (non-hydrogen) atoms. The van der Waals surface area contributed by atoms with Crippen LogP contribution < -0.4 is 0 Å². The van der Waals surface area contributed by atoms with Gasteiger partial charge in [0.15, 0.2) is 0 Å². The monoisotopic (exact) mass is 441 g/mol. The minimum atomic E-state index is -7.26. The molecule has 2 amide bonds. The number of hydrogen-bond acceptors (Lipinski definition) is 6. The van der Waals surface area contributed by atoms with Crippen molar-refractivity contribution < 1.29 is 57.3 Å². The van der Waals surface area contributed by atoms with Crippen molar-refractivity contribution in [1.29, 1.82) is 0 Å². The summed E-state index contributed by atoms with van der Waals surface area (Å²) >= 11 is 0. The summed E-state index contributed by atoms with van der Waals surface area (Å²) in [6.45, 7) is 0. The van der Waals surface area contributed by atoms with Crippen LogP contribution in [0.3, 0.4) is 0 Å². The van der Waals surface area contributed by atoms with Crippen molar-refractivity contribution in [3.8, 4) is 0 Å². The topological polar surface area (TPSA) is 126 Å². The summed E-state index contributed by atoms with van der Waals surface area (Å²) in [5.41, 5.74) is -1.60. The third kappa shape index (κ3) is 2.53. The molecule has 0 unspecified atom stereocenters. The maximum atomic E-state index is 13.9. The number of fused-ring (bicyclic) bond motifs is 1. The first-order valence-corrected chi connectivity index (χ1v) is 9.14. The molecule has 0 bridgehead atoms. The molecule has 2 rings (SSSR count). The van der Waals surface area contributed by atoms with Gasteiger partial charge in [0.25, 0.3) is 11.8 Å². The lowest BCUT2D eigenvalue weighted by Crippen LogP contribution is -2.63. The number of hydrogen-bond donors (Lipinski definition) is 1. The Balaban J connectivity index is 2.66. The zero-order chi connectivity index (χ0) is 21.2. The third-order valence-corrected chi connectivity index (χ3v) is 6.00. The first kappa shape index (κ1) is 21.1. The number of carbonyl (C=O) groups is 2. The molecule has 1 aliphatic heterocycles. The Morgan fingerprint density at radius 3 is 1.48 bits per heavy atom. The van der Waals surface area contributed by atoms with Crippen molar-refractivity contribution >= 4 is 32.0 Å². The Labute approximate surface area is 146 Å². The van der Waals surface area contributed by atoms with Gasteiger partial charge in [0, 0.05) is 0 Å². The molecule has 1 N–H and O–H groups in total. The summed E-state index contributed by atoms with van der Waals surface area (Å²) in [4.78, 5) is 23.7. The molecule has 0 saturated heterocycles. The SMILES string of the molecule is O=C1c2ccccc2C(=O)N1S(=O)(=O)C(F)(F)C(F)(F)C(F)(F)S(=O)(=O)O. The van der Waals surface area contributed by atoms with Crippen LogP contribution >= 0.6 is 0 Å². The number of nitrogens with zero attached hydrogens (tertiary/aromatic N) is 1. The van der Waals surface area contributed by atoms with Gasteiger partial charge in [0.2, 0.25) is 0 Å². The van der Waals surface area contributed by atoms with Gasteiger partial charge in [-0.2, -0.15) is 47.5 Å². The number of alkyl halides is 6. The van der Waals surface area contributed by atoms with Gasteiger partial charge in [0.05, 0.1) is 11.1 Å². The fourth-order valence-electron chi connectivity index (χ4n) is 1.99. The second kappa shape index (κ2) is 5.65. The summed E-state index contributed by atoms with van der Waals surface area (Å²) in [7, 11) is -14.4. The minimum absolute atomic E-state index is 0.772. The van der Waals surface area contributed by atoms with Crippen molar-refractivity contribution in [2.45, 2.75) is 16.4 Å². The van der Waals surface area contributed by atoms with Crippen LogP contribution in [-0.4, -0.2) is 53.9 Å². The van der Waals surface area contributed by atoms with Gasteiger partial charge >= 0.3 is 36.6 Å². The van der Waals surface area contributed by atoms with Gasteiger partial charge in [-0.3, -0.25) is 14.1 Å². The zero-order valence-corrected chi connectivity index (χ0v) is 13.9. The normalized spacial score (nSPS) is 16.6. The maximum Gasteiger partial charge on any atom is 0.439 e. The van der Waals surface area contributed by atoms with E-state index in [4.69, 9.17) is 4.55 Å². The molecule has 1 aromatic rings. The second-order valence-corrected chi connectivity index (χ2v) is 8.30. The molecule has 0 saturated carbocycles. The van der Waals surface area contributed by atoms with E-state index in [9.17, 15) is 52.8 Å². The van der Waals surface area contributed by atoms with Crippen molar-refractivity contribution in [2.75, 3.05) is 0 Å². The van der Waals surface area contributed by atoms with Crippen molar-refractivity contribution in [2.24, 2.45) is 0 Å². The van der Waals surface area contributed by atoms with Crippen LogP contribution in [0.1, 0.15) is 20.7 Å². The number of imide groups is 1. The van der Waals surface area contributed by atoms with Crippen molar-refractivity contribution in [3.63, 3.8) is 0 Å². The van der Waals surface area contributed by atoms with Crippen LogP contribution in [0, 0.1) is 0 Å². The van der Waals surface area contributed by atoms with Crippen LogP contribution in [0.2, 0.25) is 0 Å². The summed E-state index contributed by atoms with van der Waals surface area (Å²) < 4.78 is 132. The summed E-state index contributed by atoms with van der Waals surface area (Å²) in [6.07, 6.45) is 0. The zero-order valence-electron chi connectivity index (χ0n) is 12.2. The van der Waals surface area contributed by atoms with Crippen LogP contribution in [0.4, 0.5) is 26.3 Å². The number of sulfonamides is 1. The number of amides is 2. The Hall–Kier alpha value is -2.20. The van der Waals surface area contributed by atoms with Gasteiger partial charge in [-0.05, 0) is 12.1 Å². The molecule has 8 nitrogen and oxygen atoms in total. The van der Waals surface area contributed by atoms with Crippen molar-refractivity contribution in [1.82, 2.24) is 4.31 Å². The molecule has 150 valence electrons. The van der Waals surface area contributed by atoms with Crippen LogP contribution in [0.15, 0.2) is 24.3 Å². The molecule has 0 atom stereocenters. The highest BCUT2D eigenvalue weighted by molar-refractivity contribution is 7.91. The quantitative estimate of drug-likeness (QED) is 0.415. The average Bonchev–Trinajstić information content (AvgIpc) is 2.78. The smallest absolute Gasteiger partial charge is 0.281 e. The number of halogens is 6. The minimum Gasteiger partial charge on any atom is -0.281 e. The molecule has 0 aliphatic carbocycles. The predicted molar refractivity (Wildman–Crippen MR) is 72.3 cm³/mol. The van der Waals surface area contributed by atoms with E-state index >= 15 is 0 Å². The predicted octanol–water partition coefficient (Wildman–Crippen LogP) is 1.32. The van der Waals surface area contributed by atoms with Gasteiger partial charge in [-0.1, -0.05) is 12.1 Å². The maximum absolute atomic E-state index is 13.9. The Kier molecular flexibility index (Phi) is 4.42. The molecule has 0 aromatic heterocycles. The van der Waals surface area contributed by atoms with E-state index in [1.807, 2.05) is 0 Å². The van der Waals surface area contributed by atoms with E-state index in [1.54, 1.807) is 0 Å². The highest BCUT2D eigenvalue weighted by Gasteiger charge is 2.83. The number of benzene rings is 1. The molecule has 0 fully saturated rings. The third-order valence-electron chi connectivity index (χ3n) is 3.38. The fourth-order valence-corrected chi connectivity index (χ4v) is 3.82. The van der Waals surface area contributed by atoms with Gasteiger partial charge in [-0.25, -0.2) is 0 Å². The highest BCUT2D eigenvalue weighted by atomic mass is 32.2. The van der Waals surface area contributed by atoms with Gasteiger partial charge in [-0.15, -0.1) is 0 Å². The van der Waals surface area contributed by atoms with Crippen molar-refractivity contribution in [3.05, 3.63) is 35.4 Å². The first-order chi connectivity index (χ1) is 11.9. The molecule has 1 aliphatic rings. The number of rotatable bonds is 5. The largest absolute Gasteiger partial charge is 0.439 e. The van der Waals surface area contributed by atoms with E-state index in [0.717, 1.165) is 24.3 Å². The molecular weight excluding hydrogens is 436 g/mol. The summed E-state index contributed by atoms with van der Waals surface area (Å²) in [5.74, 6) is -11.3. The van der Waals surface area contributed by atoms with E-state index in [1.165, 1.54) is 0 Å². The van der Waals surface area contributed by atoms with Crippen LogP contribution in [-0.2, 0) is 20.1 Å². The second-order valence-electron chi connectivity index (χ2n) is 5.01. The standard InChI is InChI=1S/C11H5F6NO7S2/c12-9(13,11(16,17)27(23,24)25)10(14,15)26(21,22)18-7(19)5-3-1-2-4-6(5)8(18)20/h1-4H,(H,23,24,25). The molecular formula is C11H5F6NO7S2. The molecule has 0 spiro atoms. The van der Waals surface area contributed by atoms with E-state index < -0.39 is 63.8 Å². The lowest BCUT2D eigenvalue weighted by atomic mass is 10.1. The first-order valence-electron chi connectivity index (χ1n) is 6.26.